The summed E-state index contributed by atoms with van der Waals surface area (Å²) in [5, 5.41) is 17.4. The summed E-state index contributed by atoms with van der Waals surface area (Å²) >= 11 is 6.00. The predicted molar refractivity (Wildman–Crippen MR) is 134 cm³/mol. The van der Waals surface area contributed by atoms with Crippen LogP contribution in [0.15, 0.2) is 41.1 Å². The Bertz CT molecular complexity index is 1580. The molecule has 0 saturated carbocycles. The lowest BCUT2D eigenvalue weighted by Gasteiger charge is -2.09. The summed E-state index contributed by atoms with van der Waals surface area (Å²) < 4.78 is 9.01. The van der Waals surface area contributed by atoms with Crippen LogP contribution in [0.25, 0.3) is 22.4 Å². The SMILES string of the molecule is Cc1nn(C)cc1-c1cc(C(=O)Nc2c(C)nn(Cc3ccc(Cl)cc3)c2C)c2c(C)noc2n1. The van der Waals surface area contributed by atoms with E-state index in [1.54, 1.807) is 17.7 Å². The molecule has 35 heavy (non-hydrogen) atoms. The van der Waals surface area contributed by atoms with Crippen molar-refractivity contribution in [3.63, 3.8) is 0 Å². The van der Waals surface area contributed by atoms with Crippen LogP contribution in [0.5, 0.6) is 0 Å². The minimum atomic E-state index is -0.288. The van der Waals surface area contributed by atoms with Crippen LogP contribution in [-0.4, -0.2) is 35.6 Å². The number of hydrogen-bond acceptors (Lipinski definition) is 6. The van der Waals surface area contributed by atoms with E-state index < -0.39 is 0 Å². The molecule has 1 N–H and O–H groups in total. The normalized spacial score (nSPS) is 11.4. The highest BCUT2D eigenvalue weighted by Crippen LogP contribution is 2.30. The van der Waals surface area contributed by atoms with Gasteiger partial charge in [-0.05, 0) is 51.5 Å². The van der Waals surface area contributed by atoms with Crippen molar-refractivity contribution in [2.75, 3.05) is 5.32 Å². The van der Waals surface area contributed by atoms with Gasteiger partial charge in [0.05, 0.1) is 51.7 Å². The maximum atomic E-state index is 13.6. The fourth-order valence-corrected chi connectivity index (χ4v) is 4.36. The molecule has 1 aromatic carbocycles. The number of carbonyl (C=O) groups is 1. The van der Waals surface area contributed by atoms with Crippen molar-refractivity contribution in [2.24, 2.45) is 7.05 Å². The van der Waals surface area contributed by atoms with Crippen molar-refractivity contribution in [2.45, 2.75) is 34.2 Å². The number of pyridine rings is 1. The van der Waals surface area contributed by atoms with Crippen LogP contribution in [0.3, 0.4) is 0 Å². The predicted octanol–water partition coefficient (Wildman–Crippen LogP) is 5.01. The summed E-state index contributed by atoms with van der Waals surface area (Å²) in [6.45, 7) is 8.06. The number of halogens is 1. The van der Waals surface area contributed by atoms with Crippen LogP contribution >= 0.6 is 11.6 Å². The highest BCUT2D eigenvalue weighted by atomic mass is 35.5. The molecule has 5 aromatic rings. The summed E-state index contributed by atoms with van der Waals surface area (Å²) in [4.78, 5) is 18.2. The molecular weight excluding hydrogens is 466 g/mol. The molecule has 10 heteroatoms. The average Bonchev–Trinajstić information content (AvgIpc) is 3.45. The molecule has 4 heterocycles. The monoisotopic (exact) mass is 489 g/mol. The van der Waals surface area contributed by atoms with Gasteiger partial charge in [-0.15, -0.1) is 0 Å². The Kier molecular flexibility index (Phi) is 5.64. The number of hydrogen-bond donors (Lipinski definition) is 1. The number of amides is 1. The average molecular weight is 490 g/mol. The van der Waals surface area contributed by atoms with Crippen molar-refractivity contribution in [3.8, 4) is 11.3 Å². The summed E-state index contributed by atoms with van der Waals surface area (Å²) in [5.74, 6) is -0.288. The molecule has 0 aliphatic carbocycles. The van der Waals surface area contributed by atoms with Gasteiger partial charge in [0.15, 0.2) is 0 Å². The zero-order valence-electron chi connectivity index (χ0n) is 20.0. The van der Waals surface area contributed by atoms with Crippen LogP contribution in [0.2, 0.25) is 5.02 Å². The zero-order valence-corrected chi connectivity index (χ0v) is 20.8. The quantitative estimate of drug-likeness (QED) is 0.372. The number of carbonyl (C=O) groups excluding carboxylic acids is 1. The van der Waals surface area contributed by atoms with Gasteiger partial charge in [-0.2, -0.15) is 10.2 Å². The van der Waals surface area contributed by atoms with E-state index in [1.165, 1.54) is 0 Å². The maximum absolute atomic E-state index is 13.6. The van der Waals surface area contributed by atoms with Crippen molar-refractivity contribution >= 4 is 34.3 Å². The molecule has 5 rings (SSSR count). The van der Waals surface area contributed by atoms with E-state index in [-0.39, 0.29) is 5.91 Å². The number of fused-ring (bicyclic) bond motifs is 1. The standard InChI is InChI=1S/C25H24ClN7O2/c1-13-20(12-32(5)29-13)21-10-19(22-14(2)31-35-25(22)27-21)24(34)28-23-15(3)30-33(16(23)4)11-17-6-8-18(26)9-7-17/h6-10,12H,11H2,1-5H3,(H,28,34). The zero-order chi connectivity index (χ0) is 24.9. The molecule has 0 fully saturated rings. The van der Waals surface area contributed by atoms with Gasteiger partial charge in [0.1, 0.15) is 0 Å². The molecule has 0 bridgehead atoms. The molecule has 0 aliphatic heterocycles. The van der Waals surface area contributed by atoms with Gasteiger partial charge in [-0.1, -0.05) is 28.9 Å². The fourth-order valence-electron chi connectivity index (χ4n) is 4.24. The molecular formula is C25H24ClN7O2. The van der Waals surface area contributed by atoms with E-state index in [4.69, 9.17) is 16.1 Å². The van der Waals surface area contributed by atoms with E-state index in [9.17, 15) is 4.79 Å². The number of nitrogens with one attached hydrogen (secondary N) is 1. The number of aryl methyl sites for hydroxylation is 4. The lowest BCUT2D eigenvalue weighted by Crippen LogP contribution is -2.14. The second-order valence-electron chi connectivity index (χ2n) is 8.59. The smallest absolute Gasteiger partial charge is 0.259 e. The first kappa shape index (κ1) is 22.8. The molecule has 0 spiro atoms. The van der Waals surface area contributed by atoms with Crippen molar-refractivity contribution in [1.82, 2.24) is 29.7 Å². The molecule has 0 aliphatic rings. The Morgan fingerprint density at radius 1 is 1.06 bits per heavy atom. The number of benzene rings is 1. The second-order valence-corrected chi connectivity index (χ2v) is 9.03. The van der Waals surface area contributed by atoms with Crippen LogP contribution < -0.4 is 5.32 Å². The highest BCUT2D eigenvalue weighted by Gasteiger charge is 2.23. The summed E-state index contributed by atoms with van der Waals surface area (Å²) in [5.41, 5.74) is 6.85. The fraction of sp³-hybridized carbons (Fsp3) is 0.240. The van der Waals surface area contributed by atoms with Gasteiger partial charge < -0.3 is 9.84 Å². The summed E-state index contributed by atoms with van der Waals surface area (Å²) in [7, 11) is 1.84. The molecule has 0 radical (unpaired) electrons. The minimum absolute atomic E-state index is 0.288. The Labute approximate surface area is 206 Å². The maximum Gasteiger partial charge on any atom is 0.259 e. The molecule has 1 amide bonds. The van der Waals surface area contributed by atoms with E-state index >= 15 is 0 Å². The molecule has 4 aromatic heterocycles. The van der Waals surface area contributed by atoms with Crippen LogP contribution in [0, 0.1) is 27.7 Å². The lowest BCUT2D eigenvalue weighted by atomic mass is 10.1. The van der Waals surface area contributed by atoms with Gasteiger partial charge in [-0.25, -0.2) is 4.98 Å². The number of rotatable bonds is 5. The Balaban J connectivity index is 1.51. The molecule has 0 atom stereocenters. The van der Waals surface area contributed by atoms with Crippen LogP contribution in [0.1, 0.15) is 38.7 Å². The summed E-state index contributed by atoms with van der Waals surface area (Å²) in [6, 6.07) is 9.38. The van der Waals surface area contributed by atoms with Crippen LogP contribution in [-0.2, 0) is 13.6 Å². The van der Waals surface area contributed by atoms with Gasteiger partial charge in [0, 0.05) is 23.8 Å². The largest absolute Gasteiger partial charge is 0.335 e. The van der Waals surface area contributed by atoms with E-state index in [0.29, 0.717) is 45.3 Å². The molecule has 9 nitrogen and oxygen atoms in total. The third-order valence-corrected chi connectivity index (χ3v) is 6.27. The third-order valence-electron chi connectivity index (χ3n) is 6.02. The van der Waals surface area contributed by atoms with E-state index in [1.807, 2.05) is 63.0 Å². The van der Waals surface area contributed by atoms with Gasteiger partial charge in [0.25, 0.3) is 11.6 Å². The topological polar surface area (TPSA) is 104 Å². The van der Waals surface area contributed by atoms with Crippen molar-refractivity contribution < 1.29 is 9.32 Å². The Morgan fingerprint density at radius 3 is 2.49 bits per heavy atom. The Morgan fingerprint density at radius 2 is 1.80 bits per heavy atom. The number of aromatic nitrogens is 6. The second kappa shape index (κ2) is 8.66. The highest BCUT2D eigenvalue weighted by molar-refractivity contribution is 6.30. The molecule has 178 valence electrons. The third kappa shape index (κ3) is 4.19. The lowest BCUT2D eigenvalue weighted by molar-refractivity contribution is 0.102. The van der Waals surface area contributed by atoms with Gasteiger partial charge in [0.2, 0.25) is 0 Å². The number of anilines is 1. The van der Waals surface area contributed by atoms with Gasteiger partial charge >= 0.3 is 0 Å². The molecule has 0 saturated heterocycles. The summed E-state index contributed by atoms with van der Waals surface area (Å²) in [6.07, 6.45) is 1.86. The van der Waals surface area contributed by atoms with E-state index in [0.717, 1.165) is 28.2 Å². The minimum Gasteiger partial charge on any atom is -0.335 e. The van der Waals surface area contributed by atoms with Crippen molar-refractivity contribution in [1.29, 1.82) is 0 Å². The van der Waals surface area contributed by atoms with Crippen molar-refractivity contribution in [3.05, 3.63) is 75.5 Å². The van der Waals surface area contributed by atoms with E-state index in [2.05, 4.69) is 25.7 Å². The Hall–Kier alpha value is -3.98. The first-order valence-corrected chi connectivity index (χ1v) is 11.5. The first-order chi connectivity index (χ1) is 16.7. The van der Waals surface area contributed by atoms with Crippen LogP contribution in [0.4, 0.5) is 5.69 Å². The molecule has 0 unspecified atom stereocenters. The van der Waals surface area contributed by atoms with Gasteiger partial charge in [-0.3, -0.25) is 14.2 Å². The first-order valence-electron chi connectivity index (χ1n) is 11.1. The number of nitrogens with zero attached hydrogens (tertiary/aromatic N) is 6.